The Morgan fingerprint density at radius 1 is 1.09 bits per heavy atom. The van der Waals surface area contributed by atoms with Crippen LogP contribution < -0.4 is 20.5 Å². The first kappa shape index (κ1) is 20.0. The molecule has 0 aliphatic carbocycles. The Morgan fingerprint density at radius 2 is 1.91 bits per heavy atom. The lowest BCUT2D eigenvalue weighted by Gasteiger charge is -2.15. The van der Waals surface area contributed by atoms with Crippen LogP contribution in [0.1, 0.15) is 17.4 Å². The van der Waals surface area contributed by atoms with Crippen LogP contribution in [-0.4, -0.2) is 27.6 Å². The SMILES string of the molecule is O=c1[nH]c2cc(Cl)ccc2nc1/C(=N\Nc1ccccc1)[C@H](O)c1ccc2c(c1)OCO2. The minimum absolute atomic E-state index is 0.0200. The van der Waals surface area contributed by atoms with Gasteiger partial charge in [0.1, 0.15) is 11.8 Å². The number of anilines is 1. The zero-order valence-electron chi connectivity index (χ0n) is 16.6. The Labute approximate surface area is 187 Å². The molecule has 1 aromatic heterocycles. The highest BCUT2D eigenvalue weighted by Gasteiger charge is 2.25. The summed E-state index contributed by atoms with van der Waals surface area (Å²) >= 11 is 6.02. The molecule has 0 unspecified atom stereocenters. The molecule has 32 heavy (non-hydrogen) atoms. The van der Waals surface area contributed by atoms with Crippen LogP contribution in [0, 0.1) is 0 Å². The van der Waals surface area contributed by atoms with E-state index < -0.39 is 11.7 Å². The Kier molecular flexibility index (Phi) is 5.22. The second-order valence-corrected chi connectivity index (χ2v) is 7.50. The topological polar surface area (TPSA) is 109 Å². The second-order valence-electron chi connectivity index (χ2n) is 7.07. The number of hydrogen-bond donors (Lipinski definition) is 3. The fourth-order valence-electron chi connectivity index (χ4n) is 3.35. The summed E-state index contributed by atoms with van der Waals surface area (Å²) in [5.41, 5.74) is 4.56. The van der Waals surface area contributed by atoms with Gasteiger partial charge in [-0.1, -0.05) is 35.9 Å². The summed E-state index contributed by atoms with van der Waals surface area (Å²) < 4.78 is 10.7. The minimum Gasteiger partial charge on any atom is -0.454 e. The number of nitrogens with zero attached hydrogens (tertiary/aromatic N) is 2. The molecule has 1 aliphatic heterocycles. The van der Waals surface area contributed by atoms with Gasteiger partial charge >= 0.3 is 0 Å². The lowest BCUT2D eigenvalue weighted by molar-refractivity contribution is 0.173. The van der Waals surface area contributed by atoms with E-state index in [0.717, 1.165) is 0 Å². The van der Waals surface area contributed by atoms with E-state index in [1.807, 2.05) is 30.3 Å². The Morgan fingerprint density at radius 3 is 2.75 bits per heavy atom. The number of para-hydroxylation sites is 1. The highest BCUT2D eigenvalue weighted by molar-refractivity contribution is 6.31. The molecule has 9 heteroatoms. The number of H-pyrrole nitrogens is 1. The van der Waals surface area contributed by atoms with Gasteiger partial charge in [-0.05, 0) is 48.0 Å². The number of fused-ring (bicyclic) bond motifs is 2. The van der Waals surface area contributed by atoms with Crippen LogP contribution in [0.15, 0.2) is 76.6 Å². The van der Waals surface area contributed by atoms with E-state index in [-0.39, 0.29) is 18.2 Å². The predicted octanol–water partition coefficient (Wildman–Crippen LogP) is 3.86. The quantitative estimate of drug-likeness (QED) is 0.316. The molecule has 0 fully saturated rings. The highest BCUT2D eigenvalue weighted by atomic mass is 35.5. The average Bonchev–Trinajstić information content (AvgIpc) is 3.28. The van der Waals surface area contributed by atoms with E-state index in [1.165, 1.54) is 0 Å². The normalized spacial score (nSPS) is 13.9. The second kappa shape index (κ2) is 8.33. The lowest BCUT2D eigenvalue weighted by atomic mass is 10.0. The number of benzene rings is 3. The molecule has 0 bridgehead atoms. The standard InChI is InChI=1S/C23H17ClN4O4/c24-14-7-8-16-17(11-14)26-23(30)21(25-16)20(28-27-15-4-2-1-3-5-15)22(29)13-6-9-18-19(10-13)32-12-31-18/h1-11,22,27,29H,12H2,(H,26,30)/b28-20+/t22-/m1/s1. The number of aliphatic hydroxyl groups excluding tert-OH is 1. The Bertz CT molecular complexity index is 1390. The molecule has 0 radical (unpaired) electrons. The summed E-state index contributed by atoms with van der Waals surface area (Å²) in [6, 6.07) is 19.2. The van der Waals surface area contributed by atoms with Crippen LogP contribution in [0.25, 0.3) is 11.0 Å². The summed E-state index contributed by atoms with van der Waals surface area (Å²) in [4.78, 5) is 20.1. The number of halogens is 1. The number of aromatic amines is 1. The fraction of sp³-hybridized carbons (Fsp3) is 0.0870. The molecular formula is C23H17ClN4O4. The van der Waals surface area contributed by atoms with E-state index in [2.05, 4.69) is 20.5 Å². The monoisotopic (exact) mass is 448 g/mol. The van der Waals surface area contributed by atoms with E-state index in [1.54, 1.807) is 36.4 Å². The van der Waals surface area contributed by atoms with Crippen molar-refractivity contribution >= 4 is 34.0 Å². The van der Waals surface area contributed by atoms with Crippen molar-refractivity contribution in [1.82, 2.24) is 9.97 Å². The maximum absolute atomic E-state index is 12.9. The van der Waals surface area contributed by atoms with Crippen LogP contribution >= 0.6 is 11.6 Å². The number of aromatic nitrogens is 2. The Hall–Kier alpha value is -3.88. The molecule has 1 atom stereocenters. The molecule has 3 N–H and O–H groups in total. The zero-order valence-corrected chi connectivity index (χ0v) is 17.3. The van der Waals surface area contributed by atoms with E-state index in [4.69, 9.17) is 21.1 Å². The third-order valence-corrected chi connectivity index (χ3v) is 5.18. The van der Waals surface area contributed by atoms with Gasteiger partial charge in [0.15, 0.2) is 17.2 Å². The van der Waals surface area contributed by atoms with Gasteiger partial charge in [0.25, 0.3) is 5.56 Å². The number of rotatable bonds is 5. The lowest BCUT2D eigenvalue weighted by Crippen LogP contribution is -2.26. The molecule has 0 saturated carbocycles. The third kappa shape index (κ3) is 3.89. The van der Waals surface area contributed by atoms with Gasteiger partial charge in [-0.2, -0.15) is 5.10 Å². The average molecular weight is 449 g/mol. The van der Waals surface area contributed by atoms with Crippen molar-refractivity contribution in [2.24, 2.45) is 5.10 Å². The van der Waals surface area contributed by atoms with E-state index in [9.17, 15) is 9.90 Å². The molecule has 5 rings (SSSR count). The molecule has 4 aromatic rings. The third-order valence-electron chi connectivity index (χ3n) is 4.95. The summed E-state index contributed by atoms with van der Waals surface area (Å²) in [5, 5.41) is 16.0. The number of hydrazone groups is 1. The fourth-order valence-corrected chi connectivity index (χ4v) is 3.53. The van der Waals surface area contributed by atoms with E-state index in [0.29, 0.717) is 38.8 Å². The number of nitrogens with one attached hydrogen (secondary N) is 2. The van der Waals surface area contributed by atoms with E-state index >= 15 is 0 Å². The van der Waals surface area contributed by atoms with Crippen LogP contribution in [0.5, 0.6) is 11.5 Å². The molecule has 3 aromatic carbocycles. The molecule has 0 saturated heterocycles. The number of ether oxygens (including phenoxy) is 2. The molecular weight excluding hydrogens is 432 g/mol. The summed E-state index contributed by atoms with van der Waals surface area (Å²) in [6.45, 7) is 0.111. The van der Waals surface area contributed by atoms with Crippen molar-refractivity contribution in [2.75, 3.05) is 12.2 Å². The summed E-state index contributed by atoms with van der Waals surface area (Å²) in [6.07, 6.45) is -1.26. The number of hydrogen-bond acceptors (Lipinski definition) is 7. The van der Waals surface area contributed by atoms with Gasteiger partial charge in [-0.3, -0.25) is 10.2 Å². The first-order valence-electron chi connectivity index (χ1n) is 9.75. The molecule has 1 aliphatic rings. The maximum atomic E-state index is 12.9. The van der Waals surface area contributed by atoms with Crippen molar-refractivity contribution < 1.29 is 14.6 Å². The number of aliphatic hydroxyl groups is 1. The first-order valence-corrected chi connectivity index (χ1v) is 10.1. The van der Waals surface area contributed by atoms with Gasteiger partial charge in [0, 0.05) is 5.02 Å². The van der Waals surface area contributed by atoms with Crippen molar-refractivity contribution in [3.05, 3.63) is 93.4 Å². The van der Waals surface area contributed by atoms with Crippen molar-refractivity contribution in [2.45, 2.75) is 6.10 Å². The van der Waals surface area contributed by atoms with Crippen molar-refractivity contribution in [3.8, 4) is 11.5 Å². The van der Waals surface area contributed by atoms with Gasteiger partial charge in [-0.15, -0.1) is 0 Å². The first-order chi connectivity index (χ1) is 15.6. The van der Waals surface area contributed by atoms with Crippen LogP contribution in [0.3, 0.4) is 0 Å². The van der Waals surface area contributed by atoms with Gasteiger partial charge < -0.3 is 19.6 Å². The molecule has 8 nitrogen and oxygen atoms in total. The minimum atomic E-state index is -1.26. The maximum Gasteiger partial charge on any atom is 0.276 e. The largest absolute Gasteiger partial charge is 0.454 e. The van der Waals surface area contributed by atoms with Gasteiger partial charge in [0.2, 0.25) is 6.79 Å². The van der Waals surface area contributed by atoms with Gasteiger partial charge in [-0.25, -0.2) is 4.98 Å². The van der Waals surface area contributed by atoms with Gasteiger partial charge in [0.05, 0.1) is 16.7 Å². The zero-order chi connectivity index (χ0) is 22.1. The summed E-state index contributed by atoms with van der Waals surface area (Å²) in [5.74, 6) is 1.09. The van der Waals surface area contributed by atoms with Crippen molar-refractivity contribution in [1.29, 1.82) is 0 Å². The molecule has 0 amide bonds. The Balaban J connectivity index is 1.61. The van der Waals surface area contributed by atoms with Crippen LogP contribution in [0.4, 0.5) is 5.69 Å². The van der Waals surface area contributed by atoms with Crippen molar-refractivity contribution in [3.63, 3.8) is 0 Å². The highest BCUT2D eigenvalue weighted by Crippen LogP contribution is 2.34. The predicted molar refractivity (Wildman–Crippen MR) is 122 cm³/mol. The van der Waals surface area contributed by atoms with Crippen LogP contribution in [-0.2, 0) is 0 Å². The smallest absolute Gasteiger partial charge is 0.276 e. The summed E-state index contributed by atoms with van der Waals surface area (Å²) in [7, 11) is 0. The molecule has 160 valence electrons. The van der Waals surface area contributed by atoms with Crippen LogP contribution in [0.2, 0.25) is 5.02 Å². The molecule has 2 heterocycles. The molecule has 0 spiro atoms.